The van der Waals surface area contributed by atoms with Crippen molar-refractivity contribution in [2.24, 2.45) is 5.92 Å². The molecule has 0 aliphatic carbocycles. The summed E-state index contributed by atoms with van der Waals surface area (Å²) >= 11 is 0. The minimum absolute atomic E-state index is 0.111. The van der Waals surface area contributed by atoms with Crippen LogP contribution in [0.4, 0.5) is 0 Å². The summed E-state index contributed by atoms with van der Waals surface area (Å²) in [6.07, 6.45) is 2.59. The molecule has 18 heavy (non-hydrogen) atoms. The van der Waals surface area contributed by atoms with Gasteiger partial charge >= 0.3 is 0 Å². The number of nitrogens with one attached hydrogen (secondary N) is 2. The van der Waals surface area contributed by atoms with Crippen molar-refractivity contribution in [1.82, 2.24) is 14.3 Å². The van der Waals surface area contributed by atoms with Crippen molar-refractivity contribution in [3.8, 4) is 0 Å². The number of hydrogen-bond donors (Lipinski definition) is 3. The molecule has 1 rings (SSSR count). The first-order chi connectivity index (χ1) is 8.60. The van der Waals surface area contributed by atoms with E-state index in [9.17, 15) is 8.42 Å². The normalized spacial score (nSPS) is 19.9. The summed E-state index contributed by atoms with van der Waals surface area (Å²) in [5.41, 5.74) is 0. The molecule has 3 N–H and O–H groups in total. The standard InChI is InChI=1S/C11H25N3O3S/c1-2-3-11(4-9-15)10-13-18(16,17)14-7-5-12-6-8-14/h11-13,15H,2-10H2,1H3. The number of hydrogen-bond acceptors (Lipinski definition) is 4. The summed E-state index contributed by atoms with van der Waals surface area (Å²) in [5, 5.41) is 12.1. The molecule has 1 atom stereocenters. The van der Waals surface area contributed by atoms with Crippen molar-refractivity contribution in [2.75, 3.05) is 39.3 Å². The fourth-order valence-electron chi connectivity index (χ4n) is 2.14. The van der Waals surface area contributed by atoms with Crippen molar-refractivity contribution in [2.45, 2.75) is 26.2 Å². The fourth-order valence-corrected chi connectivity index (χ4v) is 3.43. The van der Waals surface area contributed by atoms with Gasteiger partial charge in [-0.05, 0) is 18.8 Å². The van der Waals surface area contributed by atoms with E-state index in [1.54, 1.807) is 0 Å². The average Bonchev–Trinajstić information content (AvgIpc) is 2.38. The topological polar surface area (TPSA) is 81.7 Å². The van der Waals surface area contributed by atoms with Gasteiger partial charge in [-0.1, -0.05) is 13.3 Å². The second-order valence-corrected chi connectivity index (χ2v) is 6.42. The van der Waals surface area contributed by atoms with E-state index in [1.165, 1.54) is 4.31 Å². The van der Waals surface area contributed by atoms with Gasteiger partial charge in [0.15, 0.2) is 0 Å². The van der Waals surface area contributed by atoms with Crippen LogP contribution in [0, 0.1) is 5.92 Å². The van der Waals surface area contributed by atoms with Gasteiger partial charge in [-0.15, -0.1) is 0 Å². The smallest absolute Gasteiger partial charge is 0.279 e. The van der Waals surface area contributed by atoms with Gasteiger partial charge in [0.05, 0.1) is 0 Å². The monoisotopic (exact) mass is 279 g/mol. The van der Waals surface area contributed by atoms with Gasteiger partial charge in [0, 0.05) is 39.3 Å². The Morgan fingerprint density at radius 2 is 2.00 bits per heavy atom. The Hall–Kier alpha value is -0.210. The van der Waals surface area contributed by atoms with Crippen LogP contribution >= 0.6 is 0 Å². The lowest BCUT2D eigenvalue weighted by Gasteiger charge is -2.27. The highest BCUT2D eigenvalue weighted by Gasteiger charge is 2.24. The van der Waals surface area contributed by atoms with Crippen LogP contribution in [-0.2, 0) is 10.2 Å². The second kappa shape index (κ2) is 8.06. The van der Waals surface area contributed by atoms with Gasteiger partial charge in [0.2, 0.25) is 0 Å². The molecule has 0 radical (unpaired) electrons. The Labute approximate surface area is 110 Å². The molecule has 1 heterocycles. The van der Waals surface area contributed by atoms with Gasteiger partial charge in [-0.25, -0.2) is 4.72 Å². The lowest BCUT2D eigenvalue weighted by molar-refractivity contribution is 0.250. The average molecular weight is 279 g/mol. The molecule has 0 spiro atoms. The Bertz CT molecular complexity index is 309. The van der Waals surface area contributed by atoms with Crippen LogP contribution in [0.2, 0.25) is 0 Å². The van der Waals surface area contributed by atoms with Crippen LogP contribution in [0.15, 0.2) is 0 Å². The minimum Gasteiger partial charge on any atom is -0.396 e. The molecule has 0 aromatic heterocycles. The molecule has 0 bridgehead atoms. The van der Waals surface area contributed by atoms with Gasteiger partial charge < -0.3 is 10.4 Å². The Kier molecular flexibility index (Phi) is 7.10. The van der Waals surface area contributed by atoms with E-state index in [0.717, 1.165) is 12.8 Å². The molecule has 1 saturated heterocycles. The molecular formula is C11H25N3O3S. The van der Waals surface area contributed by atoms with Crippen LogP contribution in [0.3, 0.4) is 0 Å². The predicted molar refractivity (Wildman–Crippen MR) is 71.5 cm³/mol. The third-order valence-corrected chi connectivity index (χ3v) is 4.78. The Morgan fingerprint density at radius 3 is 2.56 bits per heavy atom. The summed E-state index contributed by atoms with van der Waals surface area (Å²) in [4.78, 5) is 0. The highest BCUT2D eigenvalue weighted by Crippen LogP contribution is 2.10. The van der Waals surface area contributed by atoms with E-state index in [0.29, 0.717) is 39.1 Å². The summed E-state index contributed by atoms with van der Waals surface area (Å²) in [7, 11) is -3.35. The van der Waals surface area contributed by atoms with Crippen LogP contribution in [0.25, 0.3) is 0 Å². The number of aliphatic hydroxyl groups excluding tert-OH is 1. The van der Waals surface area contributed by atoms with Crippen LogP contribution in [0.5, 0.6) is 0 Å². The highest BCUT2D eigenvalue weighted by molar-refractivity contribution is 7.87. The maximum Gasteiger partial charge on any atom is 0.279 e. The summed E-state index contributed by atoms with van der Waals surface area (Å²) in [5.74, 6) is 0.220. The zero-order valence-electron chi connectivity index (χ0n) is 11.1. The van der Waals surface area contributed by atoms with Crippen molar-refractivity contribution < 1.29 is 13.5 Å². The van der Waals surface area contributed by atoms with E-state index in [-0.39, 0.29) is 12.5 Å². The predicted octanol–water partition coefficient (Wildman–Crippen LogP) is -0.475. The Morgan fingerprint density at radius 1 is 1.33 bits per heavy atom. The number of piperazine rings is 1. The molecular weight excluding hydrogens is 254 g/mol. The van der Waals surface area contributed by atoms with E-state index in [2.05, 4.69) is 17.0 Å². The van der Waals surface area contributed by atoms with Gasteiger partial charge in [0.1, 0.15) is 0 Å². The number of aliphatic hydroxyl groups is 1. The second-order valence-electron chi connectivity index (χ2n) is 4.67. The summed E-state index contributed by atoms with van der Waals surface area (Å²) in [6, 6.07) is 0. The Balaban J connectivity index is 2.43. The molecule has 7 heteroatoms. The highest BCUT2D eigenvalue weighted by atomic mass is 32.2. The summed E-state index contributed by atoms with van der Waals surface area (Å²) in [6.45, 7) is 5.04. The first-order valence-corrected chi connectivity index (χ1v) is 8.10. The van der Waals surface area contributed by atoms with E-state index in [1.807, 2.05) is 0 Å². The number of nitrogens with zero attached hydrogens (tertiary/aromatic N) is 1. The van der Waals surface area contributed by atoms with Crippen molar-refractivity contribution in [1.29, 1.82) is 0 Å². The molecule has 0 saturated carbocycles. The zero-order valence-corrected chi connectivity index (χ0v) is 11.9. The molecule has 1 aliphatic heterocycles. The van der Waals surface area contributed by atoms with Crippen LogP contribution in [-0.4, -0.2) is 57.2 Å². The molecule has 6 nitrogen and oxygen atoms in total. The van der Waals surface area contributed by atoms with E-state index in [4.69, 9.17) is 5.11 Å². The SMILES string of the molecule is CCCC(CCO)CNS(=O)(=O)N1CCNCC1. The molecule has 1 unspecified atom stereocenters. The first-order valence-electron chi connectivity index (χ1n) is 6.66. The van der Waals surface area contributed by atoms with Gasteiger partial charge in [-0.3, -0.25) is 0 Å². The minimum atomic E-state index is -3.35. The fraction of sp³-hybridized carbons (Fsp3) is 1.00. The molecule has 1 fully saturated rings. The van der Waals surface area contributed by atoms with E-state index >= 15 is 0 Å². The van der Waals surface area contributed by atoms with Crippen LogP contribution < -0.4 is 10.0 Å². The maximum atomic E-state index is 12.0. The summed E-state index contributed by atoms with van der Waals surface area (Å²) < 4.78 is 28.2. The lowest BCUT2D eigenvalue weighted by atomic mass is 10.0. The van der Waals surface area contributed by atoms with Crippen LogP contribution in [0.1, 0.15) is 26.2 Å². The third kappa shape index (κ3) is 5.19. The van der Waals surface area contributed by atoms with E-state index < -0.39 is 10.2 Å². The lowest BCUT2D eigenvalue weighted by Crippen LogP contribution is -2.51. The van der Waals surface area contributed by atoms with Crippen molar-refractivity contribution >= 4 is 10.2 Å². The molecule has 108 valence electrons. The quantitative estimate of drug-likeness (QED) is 0.561. The molecule has 0 aromatic carbocycles. The number of rotatable bonds is 8. The van der Waals surface area contributed by atoms with Crippen molar-refractivity contribution in [3.63, 3.8) is 0 Å². The maximum absolute atomic E-state index is 12.0. The largest absolute Gasteiger partial charge is 0.396 e. The molecule has 1 aliphatic rings. The van der Waals surface area contributed by atoms with Gasteiger partial charge in [-0.2, -0.15) is 12.7 Å². The molecule has 0 aromatic rings. The van der Waals surface area contributed by atoms with Crippen molar-refractivity contribution in [3.05, 3.63) is 0 Å². The molecule has 0 amide bonds. The zero-order chi connectivity index (χ0) is 13.4. The first kappa shape index (κ1) is 15.8. The third-order valence-electron chi connectivity index (χ3n) is 3.20. The van der Waals surface area contributed by atoms with Gasteiger partial charge in [0.25, 0.3) is 10.2 Å².